The van der Waals surface area contributed by atoms with E-state index in [9.17, 15) is 4.79 Å². The Morgan fingerprint density at radius 2 is 1.26 bits per heavy atom. The molecule has 0 rings (SSSR count). The molecule has 0 saturated carbocycles. The molecule has 0 spiro atoms. The zero-order valence-electron chi connectivity index (χ0n) is 16.7. The minimum atomic E-state index is -0.355. The van der Waals surface area contributed by atoms with Crippen LogP contribution in [0.4, 0.5) is 0 Å². The Kier molecular flexibility index (Phi) is 11.6. The molecule has 0 aromatic rings. The lowest BCUT2D eigenvalue weighted by Crippen LogP contribution is -2.52. The summed E-state index contributed by atoms with van der Waals surface area (Å²) >= 11 is 0. The maximum atomic E-state index is 12.2. The van der Waals surface area contributed by atoms with Crippen molar-refractivity contribution in [1.82, 2.24) is 0 Å². The highest BCUT2D eigenvalue weighted by Crippen LogP contribution is 2.22. The van der Waals surface area contributed by atoms with Crippen molar-refractivity contribution < 1.29 is 14.0 Å². The molecule has 0 bridgehead atoms. The van der Waals surface area contributed by atoms with E-state index in [1.165, 1.54) is 58.2 Å². The topological polar surface area (TPSA) is 26.3 Å². The fourth-order valence-electron chi connectivity index (χ4n) is 2.82. The first-order valence-electron chi connectivity index (χ1n) is 9.89. The van der Waals surface area contributed by atoms with Gasteiger partial charge in [-0.15, -0.1) is 0 Å². The van der Waals surface area contributed by atoms with Crippen LogP contribution in [0, 0.1) is 5.41 Å². The van der Waals surface area contributed by atoms with Gasteiger partial charge in [-0.1, -0.05) is 47.0 Å². The Balaban J connectivity index is 4.72. The molecule has 0 heterocycles. The average Bonchev–Trinajstić information content (AvgIpc) is 2.55. The second-order valence-corrected chi connectivity index (χ2v) is 7.67. The first kappa shape index (κ1) is 22.4. The lowest BCUT2D eigenvalue weighted by molar-refractivity contribution is -0.929. The van der Waals surface area contributed by atoms with Crippen LogP contribution in [0.15, 0.2) is 0 Å². The number of nitrogens with zero attached hydrogens (tertiary/aromatic N) is 1. The van der Waals surface area contributed by atoms with Crippen LogP contribution < -0.4 is 0 Å². The molecule has 0 saturated heterocycles. The van der Waals surface area contributed by atoms with Crippen molar-refractivity contribution in [3.8, 4) is 0 Å². The summed E-state index contributed by atoms with van der Waals surface area (Å²) in [6, 6.07) is 0. The van der Waals surface area contributed by atoms with Crippen LogP contribution in [0.2, 0.25) is 0 Å². The molecule has 0 aromatic carbocycles. The number of hydrogen-bond donors (Lipinski definition) is 0. The van der Waals surface area contributed by atoms with Crippen LogP contribution in [-0.2, 0) is 9.53 Å². The zero-order chi connectivity index (χ0) is 17.8. The van der Waals surface area contributed by atoms with Gasteiger partial charge in [-0.3, -0.25) is 4.79 Å². The highest BCUT2D eigenvalue weighted by Gasteiger charge is 2.30. The van der Waals surface area contributed by atoms with Crippen molar-refractivity contribution in [3.63, 3.8) is 0 Å². The highest BCUT2D eigenvalue weighted by atomic mass is 16.5. The maximum absolute atomic E-state index is 12.2. The van der Waals surface area contributed by atoms with Gasteiger partial charge in [0.05, 0.1) is 25.0 Å². The van der Waals surface area contributed by atoms with Gasteiger partial charge in [-0.2, -0.15) is 0 Å². The number of hydrogen-bond acceptors (Lipinski definition) is 2. The lowest BCUT2D eigenvalue weighted by atomic mass is 9.91. The van der Waals surface area contributed by atoms with E-state index in [0.29, 0.717) is 6.61 Å². The van der Waals surface area contributed by atoms with Crippen LogP contribution >= 0.6 is 0 Å². The van der Waals surface area contributed by atoms with Crippen LogP contribution in [0.25, 0.3) is 0 Å². The van der Waals surface area contributed by atoms with Crippen molar-refractivity contribution in [2.45, 2.75) is 86.5 Å². The molecule has 0 aromatic heterocycles. The molecule has 23 heavy (non-hydrogen) atoms. The monoisotopic (exact) mass is 328 g/mol. The summed E-state index contributed by atoms with van der Waals surface area (Å²) in [7, 11) is 0. The Morgan fingerprint density at radius 3 is 1.61 bits per heavy atom. The Morgan fingerprint density at radius 1 is 0.826 bits per heavy atom. The highest BCUT2D eigenvalue weighted by molar-refractivity contribution is 5.75. The second-order valence-electron chi connectivity index (χ2n) is 7.67. The quantitative estimate of drug-likeness (QED) is 0.324. The molecule has 0 aliphatic carbocycles. The van der Waals surface area contributed by atoms with Gasteiger partial charge in [0.1, 0.15) is 13.2 Å². The zero-order valence-corrected chi connectivity index (χ0v) is 16.7. The third-order valence-electron chi connectivity index (χ3n) is 5.19. The maximum Gasteiger partial charge on any atom is 0.311 e. The van der Waals surface area contributed by atoms with E-state index >= 15 is 0 Å². The Labute approximate surface area is 145 Å². The molecule has 0 aliphatic rings. The van der Waals surface area contributed by atoms with E-state index in [2.05, 4.69) is 20.8 Å². The average molecular weight is 329 g/mol. The van der Waals surface area contributed by atoms with Gasteiger partial charge in [0.2, 0.25) is 0 Å². The molecule has 0 amide bonds. The molecule has 3 heteroatoms. The van der Waals surface area contributed by atoms with Gasteiger partial charge >= 0.3 is 5.97 Å². The predicted molar refractivity (Wildman–Crippen MR) is 99.5 cm³/mol. The lowest BCUT2D eigenvalue weighted by Gasteiger charge is -2.39. The molecule has 0 aliphatic heterocycles. The van der Waals surface area contributed by atoms with Gasteiger partial charge in [-0.25, -0.2) is 0 Å². The second kappa shape index (κ2) is 11.9. The van der Waals surface area contributed by atoms with Crippen molar-refractivity contribution in [2.24, 2.45) is 5.41 Å². The van der Waals surface area contributed by atoms with Crippen LogP contribution in [0.3, 0.4) is 0 Å². The van der Waals surface area contributed by atoms with E-state index in [1.807, 2.05) is 20.8 Å². The van der Waals surface area contributed by atoms with Crippen molar-refractivity contribution in [3.05, 3.63) is 0 Å². The number of carbonyl (C=O) groups is 1. The van der Waals surface area contributed by atoms with Gasteiger partial charge in [0.15, 0.2) is 0 Å². The van der Waals surface area contributed by atoms with Crippen molar-refractivity contribution in [1.29, 1.82) is 0 Å². The third kappa shape index (κ3) is 8.74. The number of quaternary nitrogens is 1. The first-order valence-corrected chi connectivity index (χ1v) is 9.89. The van der Waals surface area contributed by atoms with E-state index in [0.717, 1.165) is 17.4 Å². The van der Waals surface area contributed by atoms with Crippen LogP contribution in [0.1, 0.15) is 86.5 Å². The molecule has 0 atom stereocenters. The summed E-state index contributed by atoms with van der Waals surface area (Å²) in [5.41, 5.74) is -0.355. The third-order valence-corrected chi connectivity index (χ3v) is 5.19. The van der Waals surface area contributed by atoms with Gasteiger partial charge in [0, 0.05) is 0 Å². The molecule has 3 nitrogen and oxygen atoms in total. The smallest absolute Gasteiger partial charge is 0.311 e. The molecule has 0 fully saturated rings. The summed E-state index contributed by atoms with van der Waals surface area (Å²) in [6.45, 7) is 18.0. The normalized spacial score (nSPS) is 12.4. The van der Waals surface area contributed by atoms with Crippen LogP contribution in [0.5, 0.6) is 0 Å². The fraction of sp³-hybridized carbons (Fsp3) is 0.950. The SMILES string of the molecule is CCCC[N+](CCCC)(CCCC)CCOC(=O)C(C)(C)CC. The van der Waals surface area contributed by atoms with Gasteiger partial charge < -0.3 is 9.22 Å². The number of ether oxygens (including phenoxy) is 1. The standard InChI is InChI=1S/C20H42NO2/c1-7-11-14-21(15-12-8-2,16-13-9-3)17-18-23-19(22)20(5,6)10-4/h7-18H2,1-6H3/q+1. The number of esters is 1. The Hall–Kier alpha value is -0.570. The van der Waals surface area contributed by atoms with E-state index in [4.69, 9.17) is 4.74 Å². The van der Waals surface area contributed by atoms with E-state index in [1.54, 1.807) is 0 Å². The molecular formula is C20H42NO2+. The van der Waals surface area contributed by atoms with Gasteiger partial charge in [0.25, 0.3) is 0 Å². The Bertz CT molecular complexity index is 291. The first-order chi connectivity index (χ1) is 10.9. The summed E-state index contributed by atoms with van der Waals surface area (Å²) in [6.07, 6.45) is 8.33. The molecular weight excluding hydrogens is 286 g/mol. The summed E-state index contributed by atoms with van der Waals surface area (Å²) in [4.78, 5) is 12.2. The molecule has 0 radical (unpaired) electrons. The van der Waals surface area contributed by atoms with E-state index in [-0.39, 0.29) is 11.4 Å². The molecule has 138 valence electrons. The van der Waals surface area contributed by atoms with Crippen LogP contribution in [-0.4, -0.2) is 43.2 Å². The predicted octanol–water partition coefficient (Wildman–Crippen LogP) is 5.18. The minimum absolute atomic E-state index is 0.0421. The summed E-state index contributed by atoms with van der Waals surface area (Å²) in [5, 5.41) is 0. The summed E-state index contributed by atoms with van der Waals surface area (Å²) in [5.74, 6) is -0.0421. The number of unbranched alkanes of at least 4 members (excludes halogenated alkanes) is 3. The molecule has 0 unspecified atom stereocenters. The number of rotatable bonds is 14. The largest absolute Gasteiger partial charge is 0.459 e. The van der Waals surface area contributed by atoms with Crippen molar-refractivity contribution >= 4 is 5.97 Å². The fourth-order valence-corrected chi connectivity index (χ4v) is 2.82. The minimum Gasteiger partial charge on any atom is -0.459 e. The summed E-state index contributed by atoms with van der Waals surface area (Å²) < 4.78 is 6.77. The van der Waals surface area contributed by atoms with Gasteiger partial charge in [-0.05, 0) is 39.5 Å². The van der Waals surface area contributed by atoms with Crippen molar-refractivity contribution in [2.75, 3.05) is 32.8 Å². The van der Waals surface area contributed by atoms with E-state index < -0.39 is 0 Å². The number of carbonyl (C=O) groups excluding carboxylic acids is 1. The molecule has 0 N–H and O–H groups in total.